The van der Waals surface area contributed by atoms with Crippen molar-refractivity contribution in [3.05, 3.63) is 84.2 Å². The molecular weight excluding hydrogens is 858 g/mol. The summed E-state index contributed by atoms with van der Waals surface area (Å²) in [6, 6.07) is 9.89. The summed E-state index contributed by atoms with van der Waals surface area (Å²) < 4.78 is 50.8. The van der Waals surface area contributed by atoms with Crippen LogP contribution in [0.25, 0.3) is 22.5 Å². The summed E-state index contributed by atoms with van der Waals surface area (Å²) >= 11 is 0. The molecule has 13 nitrogen and oxygen atoms in total. The van der Waals surface area contributed by atoms with Gasteiger partial charge in [-0.2, -0.15) is 0 Å². The van der Waals surface area contributed by atoms with Crippen molar-refractivity contribution in [2.45, 2.75) is 126 Å². The van der Waals surface area contributed by atoms with Crippen molar-refractivity contribution in [2.24, 2.45) is 46.3 Å². The Morgan fingerprint density at radius 2 is 1.12 bits per heavy atom. The summed E-state index contributed by atoms with van der Waals surface area (Å²) in [5, 5.41) is 32.2. The number of halogens is 2. The van der Waals surface area contributed by atoms with Gasteiger partial charge in [-0.1, -0.05) is 24.3 Å². The zero-order valence-corrected chi connectivity index (χ0v) is 38.4. The Hall–Kier alpha value is -3.94. The van der Waals surface area contributed by atoms with E-state index in [0.29, 0.717) is 66.1 Å². The molecule has 0 saturated heterocycles. The molecule has 2 aliphatic heterocycles. The van der Waals surface area contributed by atoms with Crippen LogP contribution in [0.1, 0.15) is 113 Å². The number of imidazole rings is 2. The molecule has 4 heterocycles. The number of rotatable bonds is 14. The van der Waals surface area contributed by atoms with Crippen LogP contribution in [0.5, 0.6) is 0 Å². The summed E-state index contributed by atoms with van der Waals surface area (Å²) in [7, 11) is 1.40. The molecule has 0 spiro atoms. The molecule has 8 bridgehead atoms. The molecule has 14 rings (SSSR count). The van der Waals surface area contributed by atoms with Gasteiger partial charge >= 0.3 is 30.8 Å². The summed E-state index contributed by atoms with van der Waals surface area (Å²) in [5.41, 5.74) is 4.66. The summed E-state index contributed by atoms with van der Waals surface area (Å²) in [5.74, 6) is 1.30. The van der Waals surface area contributed by atoms with Gasteiger partial charge in [0.1, 0.15) is 11.6 Å². The largest absolute Gasteiger partial charge is 1.00 e. The van der Waals surface area contributed by atoms with Gasteiger partial charge in [0.15, 0.2) is 0 Å². The second-order valence-corrected chi connectivity index (χ2v) is 21.1. The van der Waals surface area contributed by atoms with Crippen LogP contribution >= 0.6 is 0 Å². The quantitative estimate of drug-likeness (QED) is 0.115. The van der Waals surface area contributed by atoms with Crippen LogP contribution in [0.4, 0.5) is 8.78 Å². The Morgan fingerprint density at radius 3 is 1.52 bits per heavy atom. The van der Waals surface area contributed by atoms with Gasteiger partial charge in [0, 0.05) is 22.3 Å². The number of ether oxygens (including phenoxy) is 3. The molecule has 8 atom stereocenters. The average Bonchev–Trinajstić information content (AvgIpc) is 4.07. The van der Waals surface area contributed by atoms with Crippen LogP contribution < -0.4 is 18.9 Å². The van der Waals surface area contributed by atoms with E-state index < -0.39 is 18.2 Å². The van der Waals surface area contributed by atoms with Crippen LogP contribution in [0.2, 0.25) is 0 Å². The maximum Gasteiger partial charge on any atom is 1.00 e. The van der Waals surface area contributed by atoms with Gasteiger partial charge < -0.3 is 44.1 Å². The number of aliphatic hydroxyl groups excluding tert-OH is 2. The topological polar surface area (TPSA) is 188 Å². The van der Waals surface area contributed by atoms with Crippen molar-refractivity contribution < 1.29 is 72.2 Å². The Morgan fingerprint density at radius 1 is 0.701 bits per heavy atom. The molecule has 8 unspecified atom stereocenters. The summed E-state index contributed by atoms with van der Waals surface area (Å²) in [6.07, 6.45) is 17.9. The maximum atomic E-state index is 14.9. The Labute approximate surface area is 401 Å². The van der Waals surface area contributed by atoms with Crippen molar-refractivity contribution in [3.8, 4) is 22.5 Å². The van der Waals surface area contributed by atoms with E-state index in [1.165, 1.54) is 19.2 Å². The molecule has 16 heteroatoms. The number of aliphatic hydroxyl groups is 2. The number of nitrogens with zero attached hydrogens (tertiary/aromatic N) is 4. The standard InChI is InChI=1S/C26H31FN2O4.C25H29FN2O4.Li.H2O/c1-32-23(31)5-6-33-25-16-7-15-8-17(25)12-26(10-15,11-16)22(30)9-20-24-18(3-2-4-19(24)27)21-13-28-14-29(20)21;26-18-3-1-2-17-20-12-27-13-28(20)19(23(17)18)8-21(29)25-9-14-6-15(10-25)24(16(7-14)11-25)32-5-4-22(30)31;;/h2-4,13-17,20,22,25,30H,5-12H2,1H3;1-3,12-16,19,21,24,29H,4-11H2,(H,30,31);;1H2/q;;+1;/p-1. The number of carboxylic acid groups (broad SMARTS) is 1. The normalized spacial score (nSPS) is 33.6. The third-order valence-electron chi connectivity index (χ3n) is 17.6. The molecule has 2 aromatic heterocycles. The first-order valence-electron chi connectivity index (χ1n) is 23.9. The number of benzene rings is 2. The third kappa shape index (κ3) is 8.32. The average molecular weight is 919 g/mol. The van der Waals surface area contributed by atoms with E-state index in [-0.39, 0.29) is 96.5 Å². The number of hydrogen-bond acceptors (Lipinski definition) is 10. The molecule has 2 aromatic carbocycles. The number of aliphatic carboxylic acids is 1. The smallest absolute Gasteiger partial charge is 0.870 e. The van der Waals surface area contributed by atoms with Gasteiger partial charge in [-0.05, 0) is 136 Å². The van der Waals surface area contributed by atoms with Crippen LogP contribution in [-0.4, -0.2) is 96.6 Å². The predicted molar refractivity (Wildman–Crippen MR) is 235 cm³/mol. The van der Waals surface area contributed by atoms with Crippen molar-refractivity contribution in [1.29, 1.82) is 0 Å². The van der Waals surface area contributed by atoms with Crippen molar-refractivity contribution >= 4 is 11.9 Å². The van der Waals surface area contributed by atoms with Gasteiger partial charge in [0.25, 0.3) is 0 Å². The number of fused-ring (bicyclic) bond motifs is 6. The fourth-order valence-electron chi connectivity index (χ4n) is 15.5. The molecule has 0 amide bonds. The molecule has 8 saturated carbocycles. The first-order valence-corrected chi connectivity index (χ1v) is 23.9. The number of methoxy groups -OCH3 is 1. The van der Waals surface area contributed by atoms with E-state index in [4.69, 9.17) is 19.3 Å². The Bertz CT molecular complexity index is 2430. The molecule has 4 N–H and O–H groups in total. The van der Waals surface area contributed by atoms with Crippen molar-refractivity contribution in [3.63, 3.8) is 0 Å². The van der Waals surface area contributed by atoms with E-state index in [1.807, 2.05) is 21.3 Å². The summed E-state index contributed by atoms with van der Waals surface area (Å²) in [6.45, 7) is 0.654. The molecular formula is C51H61F2LiN4O9. The minimum absolute atomic E-state index is 0. The molecule has 10 aliphatic rings. The zero-order chi connectivity index (χ0) is 44.8. The monoisotopic (exact) mass is 918 g/mol. The molecule has 8 aliphatic carbocycles. The van der Waals surface area contributed by atoms with Gasteiger partial charge in [0.05, 0.1) is 106 Å². The second kappa shape index (κ2) is 18.8. The second-order valence-electron chi connectivity index (χ2n) is 21.1. The van der Waals surface area contributed by atoms with Gasteiger partial charge in [-0.25, -0.2) is 18.7 Å². The number of hydrogen-bond donors (Lipinski definition) is 3. The SMILES string of the molecule is COC(=O)CCOC1C2CC3CC1CC(C(O)CC1c4c(F)cccc4-c4cncn41)(C3)C2.O=C(O)CCOC1C2CC3CC1CC(C(O)CC1c4c(F)cccc4-c4cncn41)(C3)C2.[Li+].[OH-]. The first kappa shape index (κ1) is 48.1. The molecule has 4 aromatic rings. The predicted octanol–water partition coefficient (Wildman–Crippen LogP) is 4.97. The Kier molecular flexibility index (Phi) is 13.5. The number of aromatic nitrogens is 4. The fourth-order valence-corrected chi connectivity index (χ4v) is 15.5. The van der Waals surface area contributed by atoms with Gasteiger partial charge in [0.2, 0.25) is 0 Å². The van der Waals surface area contributed by atoms with E-state index in [0.717, 1.165) is 86.7 Å². The van der Waals surface area contributed by atoms with Crippen molar-refractivity contribution in [2.75, 3.05) is 20.3 Å². The van der Waals surface area contributed by atoms with E-state index in [1.54, 1.807) is 37.2 Å². The minimum Gasteiger partial charge on any atom is -0.870 e. The van der Waals surface area contributed by atoms with E-state index in [2.05, 4.69) is 9.97 Å². The van der Waals surface area contributed by atoms with E-state index in [9.17, 15) is 28.6 Å². The number of carbonyl (C=O) groups excluding carboxylic acids is 1. The third-order valence-corrected chi connectivity index (χ3v) is 17.6. The van der Waals surface area contributed by atoms with Gasteiger partial charge in [-0.3, -0.25) is 9.59 Å². The van der Waals surface area contributed by atoms with Crippen LogP contribution in [0, 0.1) is 58.0 Å². The molecule has 0 radical (unpaired) electrons. The number of carboxylic acids is 1. The first-order chi connectivity index (χ1) is 31.4. The van der Waals surface area contributed by atoms with Crippen LogP contribution in [-0.2, 0) is 23.8 Å². The van der Waals surface area contributed by atoms with Gasteiger partial charge in [-0.15, -0.1) is 0 Å². The minimum atomic E-state index is -0.830. The van der Waals surface area contributed by atoms with Crippen molar-refractivity contribution in [1.82, 2.24) is 19.1 Å². The maximum absolute atomic E-state index is 14.9. The summed E-state index contributed by atoms with van der Waals surface area (Å²) in [4.78, 5) is 30.9. The van der Waals surface area contributed by atoms with E-state index >= 15 is 0 Å². The molecule has 354 valence electrons. The van der Waals surface area contributed by atoms with Crippen LogP contribution in [0.15, 0.2) is 61.4 Å². The molecule has 8 fully saturated rings. The number of carbonyl (C=O) groups is 2. The Balaban J connectivity index is 0.000000163. The number of esters is 1. The van der Waals surface area contributed by atoms with Crippen LogP contribution in [0.3, 0.4) is 0 Å². The fraction of sp³-hybridized carbons (Fsp3) is 0.608. The zero-order valence-electron chi connectivity index (χ0n) is 38.4. The molecule has 67 heavy (non-hydrogen) atoms.